The van der Waals surface area contributed by atoms with Crippen molar-refractivity contribution in [2.45, 2.75) is 32.6 Å². The zero-order chi connectivity index (χ0) is 21.8. The number of hydrogen-bond donors (Lipinski definition) is 2. The molecule has 1 amide bonds. The number of piperidine rings is 1. The first-order chi connectivity index (χ1) is 15.0. The molecule has 4 rings (SSSR count). The molecule has 2 aromatic rings. The van der Waals surface area contributed by atoms with E-state index in [1.165, 1.54) is 32.4 Å². The smallest absolute Gasteiger partial charge is 0.335 e. The van der Waals surface area contributed by atoms with Crippen molar-refractivity contribution >= 4 is 23.3 Å². The zero-order valence-electron chi connectivity index (χ0n) is 18.1. The number of benzene rings is 2. The first kappa shape index (κ1) is 21.4. The van der Waals surface area contributed by atoms with E-state index in [2.05, 4.69) is 15.1 Å². The molecule has 0 saturated carbocycles. The Morgan fingerprint density at radius 1 is 1.06 bits per heavy atom. The highest BCUT2D eigenvalue weighted by Gasteiger charge is 2.26. The summed E-state index contributed by atoms with van der Waals surface area (Å²) in [6.07, 6.45) is 4.90. The number of aryl methyl sites for hydroxylation is 1. The summed E-state index contributed by atoms with van der Waals surface area (Å²) in [6, 6.07) is 12.5. The standard InChI is InChI=1S/C25H31N3O3/c1-18-7-2-3-9-21(18)24(29)26-22-15-20(25(30)31)10-11-23(22)28-14-6-8-19(17-28)16-27-12-4-5-13-27/h2-3,7,9-11,15,19H,4-6,8,12-14,16-17H2,1H3,(H,26,29)(H,30,31)/t19-/m0/s1. The van der Waals surface area contributed by atoms with Gasteiger partial charge in [0.15, 0.2) is 0 Å². The number of nitrogens with one attached hydrogen (secondary N) is 1. The molecule has 1 atom stereocenters. The fourth-order valence-electron chi connectivity index (χ4n) is 4.83. The normalized spacial score (nSPS) is 19.4. The Hall–Kier alpha value is -2.86. The average molecular weight is 422 g/mol. The lowest BCUT2D eigenvalue weighted by atomic mass is 9.96. The predicted octanol–water partition coefficient (Wildman–Crippen LogP) is 4.26. The van der Waals surface area contributed by atoms with Crippen molar-refractivity contribution in [2.75, 3.05) is 42.9 Å². The van der Waals surface area contributed by atoms with Crippen LogP contribution in [-0.4, -0.2) is 54.6 Å². The summed E-state index contributed by atoms with van der Waals surface area (Å²) in [7, 11) is 0. The number of amides is 1. The highest BCUT2D eigenvalue weighted by Crippen LogP contribution is 2.32. The van der Waals surface area contributed by atoms with E-state index in [1.807, 2.05) is 31.2 Å². The average Bonchev–Trinajstić information content (AvgIpc) is 3.27. The van der Waals surface area contributed by atoms with Gasteiger partial charge in [-0.1, -0.05) is 18.2 Å². The zero-order valence-corrected chi connectivity index (χ0v) is 18.1. The molecule has 0 unspecified atom stereocenters. The maximum atomic E-state index is 13.0. The van der Waals surface area contributed by atoms with Crippen molar-refractivity contribution in [2.24, 2.45) is 5.92 Å². The van der Waals surface area contributed by atoms with Crippen molar-refractivity contribution in [3.63, 3.8) is 0 Å². The minimum Gasteiger partial charge on any atom is -0.478 e. The van der Waals surface area contributed by atoms with Gasteiger partial charge in [-0.15, -0.1) is 0 Å². The van der Waals surface area contributed by atoms with Crippen molar-refractivity contribution in [3.8, 4) is 0 Å². The van der Waals surface area contributed by atoms with Crippen LogP contribution >= 0.6 is 0 Å². The van der Waals surface area contributed by atoms with E-state index in [1.54, 1.807) is 18.2 Å². The fraction of sp³-hybridized carbons (Fsp3) is 0.440. The molecule has 2 aromatic carbocycles. The molecular weight excluding hydrogens is 390 g/mol. The molecule has 164 valence electrons. The second-order valence-corrected chi connectivity index (χ2v) is 8.77. The maximum absolute atomic E-state index is 13.0. The number of rotatable bonds is 6. The minimum atomic E-state index is -0.997. The van der Waals surface area contributed by atoms with Crippen LogP contribution in [-0.2, 0) is 0 Å². The molecule has 0 radical (unpaired) electrons. The van der Waals surface area contributed by atoms with Gasteiger partial charge in [0.2, 0.25) is 0 Å². The van der Waals surface area contributed by atoms with Gasteiger partial charge < -0.3 is 20.2 Å². The number of carbonyl (C=O) groups excluding carboxylic acids is 1. The monoisotopic (exact) mass is 421 g/mol. The molecule has 6 nitrogen and oxygen atoms in total. The second kappa shape index (κ2) is 9.52. The van der Waals surface area contributed by atoms with Gasteiger partial charge in [0.05, 0.1) is 16.9 Å². The van der Waals surface area contributed by atoms with Crippen LogP contribution in [0.3, 0.4) is 0 Å². The first-order valence-corrected chi connectivity index (χ1v) is 11.2. The van der Waals surface area contributed by atoms with E-state index in [4.69, 9.17) is 0 Å². The minimum absolute atomic E-state index is 0.175. The molecule has 0 aliphatic carbocycles. The van der Waals surface area contributed by atoms with Crippen LogP contribution in [0.1, 0.15) is 52.0 Å². The summed E-state index contributed by atoms with van der Waals surface area (Å²) >= 11 is 0. The predicted molar refractivity (Wildman–Crippen MR) is 123 cm³/mol. The van der Waals surface area contributed by atoms with Gasteiger partial charge in [0.1, 0.15) is 0 Å². The van der Waals surface area contributed by atoms with E-state index in [0.29, 0.717) is 17.2 Å². The van der Waals surface area contributed by atoms with Gasteiger partial charge in [0, 0.05) is 25.2 Å². The molecule has 31 heavy (non-hydrogen) atoms. The van der Waals surface area contributed by atoms with Crippen LogP contribution in [0.5, 0.6) is 0 Å². The molecule has 2 aliphatic rings. The Bertz CT molecular complexity index is 953. The number of likely N-dealkylation sites (tertiary alicyclic amines) is 1. The third-order valence-electron chi connectivity index (χ3n) is 6.46. The third-order valence-corrected chi connectivity index (χ3v) is 6.46. The topological polar surface area (TPSA) is 72.9 Å². The van der Waals surface area contributed by atoms with E-state index < -0.39 is 5.97 Å². The lowest BCUT2D eigenvalue weighted by Gasteiger charge is -2.37. The van der Waals surface area contributed by atoms with Crippen molar-refractivity contribution < 1.29 is 14.7 Å². The van der Waals surface area contributed by atoms with Crippen LogP contribution in [0.25, 0.3) is 0 Å². The summed E-state index contributed by atoms with van der Waals surface area (Å²) < 4.78 is 0. The third kappa shape index (κ3) is 5.07. The highest BCUT2D eigenvalue weighted by molar-refractivity contribution is 6.07. The molecule has 0 spiro atoms. The van der Waals surface area contributed by atoms with E-state index >= 15 is 0 Å². The van der Waals surface area contributed by atoms with Gasteiger partial charge in [0.25, 0.3) is 5.91 Å². The number of carboxylic acid groups (broad SMARTS) is 1. The lowest BCUT2D eigenvalue weighted by molar-refractivity contribution is 0.0696. The van der Waals surface area contributed by atoms with Crippen molar-refractivity contribution in [1.82, 2.24) is 4.90 Å². The van der Waals surface area contributed by atoms with Crippen LogP contribution < -0.4 is 10.2 Å². The Morgan fingerprint density at radius 3 is 2.58 bits per heavy atom. The molecular formula is C25H31N3O3. The van der Waals surface area contributed by atoms with E-state index in [-0.39, 0.29) is 11.5 Å². The first-order valence-electron chi connectivity index (χ1n) is 11.2. The largest absolute Gasteiger partial charge is 0.478 e. The quantitative estimate of drug-likeness (QED) is 0.729. The van der Waals surface area contributed by atoms with Gasteiger partial charge >= 0.3 is 5.97 Å². The number of aromatic carboxylic acids is 1. The van der Waals surface area contributed by atoms with E-state index in [0.717, 1.165) is 37.3 Å². The molecule has 2 aliphatic heterocycles. The molecule has 2 heterocycles. The molecule has 0 aromatic heterocycles. The lowest BCUT2D eigenvalue weighted by Crippen LogP contribution is -2.40. The molecule has 2 fully saturated rings. The SMILES string of the molecule is Cc1ccccc1C(=O)Nc1cc(C(=O)O)ccc1N1CCC[C@@H](CN2CCCC2)C1. The Kier molecular flexibility index (Phi) is 6.56. The molecule has 2 N–H and O–H groups in total. The van der Waals surface area contributed by atoms with Gasteiger partial charge in [-0.3, -0.25) is 4.79 Å². The highest BCUT2D eigenvalue weighted by atomic mass is 16.4. The van der Waals surface area contributed by atoms with Crippen LogP contribution in [0.4, 0.5) is 11.4 Å². The molecule has 6 heteroatoms. The number of carbonyl (C=O) groups is 2. The molecule has 0 bridgehead atoms. The van der Waals surface area contributed by atoms with Gasteiger partial charge in [-0.2, -0.15) is 0 Å². The fourth-order valence-corrected chi connectivity index (χ4v) is 4.83. The Labute approximate surface area is 183 Å². The van der Waals surface area contributed by atoms with Gasteiger partial charge in [-0.05, 0) is 81.4 Å². The Balaban J connectivity index is 1.57. The summed E-state index contributed by atoms with van der Waals surface area (Å²) in [6.45, 7) is 7.25. The molecule has 2 saturated heterocycles. The summed E-state index contributed by atoms with van der Waals surface area (Å²) in [5.41, 5.74) is 3.13. The maximum Gasteiger partial charge on any atom is 0.335 e. The van der Waals surface area contributed by atoms with Crippen molar-refractivity contribution in [3.05, 3.63) is 59.2 Å². The van der Waals surface area contributed by atoms with Gasteiger partial charge in [-0.25, -0.2) is 4.79 Å². The van der Waals surface area contributed by atoms with Crippen LogP contribution in [0, 0.1) is 12.8 Å². The summed E-state index contributed by atoms with van der Waals surface area (Å²) in [4.78, 5) is 29.4. The Morgan fingerprint density at radius 2 is 1.84 bits per heavy atom. The van der Waals surface area contributed by atoms with Crippen molar-refractivity contribution in [1.29, 1.82) is 0 Å². The second-order valence-electron chi connectivity index (χ2n) is 8.77. The van der Waals surface area contributed by atoms with E-state index in [9.17, 15) is 14.7 Å². The van der Waals surface area contributed by atoms with Crippen LogP contribution in [0.2, 0.25) is 0 Å². The number of anilines is 2. The number of carboxylic acids is 1. The number of hydrogen-bond acceptors (Lipinski definition) is 4. The summed E-state index contributed by atoms with van der Waals surface area (Å²) in [5, 5.41) is 12.5. The van der Waals surface area contributed by atoms with Crippen LogP contribution in [0.15, 0.2) is 42.5 Å². The summed E-state index contributed by atoms with van der Waals surface area (Å²) in [5.74, 6) is -0.623. The number of nitrogens with zero attached hydrogens (tertiary/aromatic N) is 2.